The van der Waals surface area contributed by atoms with Gasteiger partial charge in [0.05, 0.1) is 28.9 Å². The number of carboxylic acids is 1. The molecule has 8 nitrogen and oxygen atoms in total. The Morgan fingerprint density at radius 3 is 2.26 bits per heavy atom. The fourth-order valence-electron chi connectivity index (χ4n) is 4.61. The molecule has 0 saturated carbocycles. The Morgan fingerprint density at radius 2 is 1.61 bits per heavy atom. The number of aromatic hydroxyl groups is 1. The van der Waals surface area contributed by atoms with Crippen molar-refractivity contribution >= 4 is 34.2 Å². The summed E-state index contributed by atoms with van der Waals surface area (Å²) in [4.78, 5) is 35.7. The van der Waals surface area contributed by atoms with Crippen molar-refractivity contribution in [3.63, 3.8) is 0 Å². The van der Waals surface area contributed by atoms with Gasteiger partial charge in [0.15, 0.2) is 5.88 Å². The van der Waals surface area contributed by atoms with Crippen LogP contribution in [0.2, 0.25) is 0 Å². The van der Waals surface area contributed by atoms with Crippen molar-refractivity contribution in [3.8, 4) is 5.88 Å². The molecular weight excluding hydrogens is 487 g/mol. The summed E-state index contributed by atoms with van der Waals surface area (Å²) in [6.07, 6.45) is -0.118. The third-order valence-electron chi connectivity index (χ3n) is 6.71. The number of amides is 1. The van der Waals surface area contributed by atoms with E-state index in [1.807, 2.05) is 11.9 Å². The second-order valence-corrected chi connectivity index (χ2v) is 9.41. The van der Waals surface area contributed by atoms with E-state index in [2.05, 4.69) is 9.88 Å². The average molecular weight is 515 g/mol. The van der Waals surface area contributed by atoms with Gasteiger partial charge in [0.25, 0.3) is 5.91 Å². The number of piperazine rings is 1. The van der Waals surface area contributed by atoms with E-state index in [-0.39, 0.29) is 18.2 Å². The van der Waals surface area contributed by atoms with Crippen LogP contribution in [0.25, 0.3) is 10.9 Å². The van der Waals surface area contributed by atoms with Gasteiger partial charge in [0.1, 0.15) is 5.82 Å². The van der Waals surface area contributed by atoms with E-state index >= 15 is 0 Å². The van der Waals surface area contributed by atoms with Gasteiger partial charge in [-0.05, 0) is 55.1 Å². The maximum Gasteiger partial charge on any atom is 0.307 e. The topological polar surface area (TPSA) is 109 Å². The first-order valence-electron chi connectivity index (χ1n) is 12.3. The summed E-state index contributed by atoms with van der Waals surface area (Å²) in [7, 11) is 2.04. The number of halogens is 1. The number of benzene rings is 3. The van der Waals surface area contributed by atoms with Gasteiger partial charge in [-0.1, -0.05) is 24.3 Å². The molecule has 0 aliphatic carbocycles. The number of carbonyl (C=O) groups is 2. The average Bonchev–Trinajstić information content (AvgIpc) is 3.22. The number of nitrogens with one attached hydrogen (secondary N) is 1. The second kappa shape index (κ2) is 10.5. The Bertz CT molecular complexity index is 1520. The molecule has 0 bridgehead atoms. The summed E-state index contributed by atoms with van der Waals surface area (Å²) in [5.41, 5.74) is 3.61. The minimum absolute atomic E-state index is 0.0285. The monoisotopic (exact) mass is 514 g/mol. The zero-order valence-corrected chi connectivity index (χ0v) is 20.8. The van der Waals surface area contributed by atoms with Crippen molar-refractivity contribution in [1.29, 1.82) is 0 Å². The molecule has 2 heterocycles. The van der Waals surface area contributed by atoms with Crippen molar-refractivity contribution < 1.29 is 24.2 Å². The molecule has 0 unspecified atom stereocenters. The maximum absolute atomic E-state index is 13.8. The normalized spacial score (nSPS) is 14.7. The van der Waals surface area contributed by atoms with Gasteiger partial charge in [-0.3, -0.25) is 9.59 Å². The van der Waals surface area contributed by atoms with Crippen LogP contribution in [0, 0.1) is 5.82 Å². The van der Waals surface area contributed by atoms with Gasteiger partial charge in [0.2, 0.25) is 0 Å². The molecular formula is C29H27FN4O4. The molecule has 3 aromatic carbocycles. The minimum atomic E-state index is -0.936. The highest BCUT2D eigenvalue weighted by molar-refractivity contribution is 6.21. The zero-order valence-electron chi connectivity index (χ0n) is 20.8. The molecule has 1 aliphatic heterocycles. The summed E-state index contributed by atoms with van der Waals surface area (Å²) < 4.78 is 13.8. The van der Waals surface area contributed by atoms with Crippen molar-refractivity contribution in [1.82, 2.24) is 14.8 Å². The highest BCUT2D eigenvalue weighted by atomic mass is 19.1. The SMILES string of the molecule is CN1CCN(C(=O)c2ccc(N=C(c3ccc(CC(=O)O)cc3)c3c(O)[nH]c4cc(F)ccc34)cc2)CC1. The van der Waals surface area contributed by atoms with Crippen LogP contribution >= 0.6 is 0 Å². The van der Waals surface area contributed by atoms with Crippen LogP contribution in [0.1, 0.15) is 27.0 Å². The zero-order chi connectivity index (χ0) is 26.8. The smallest absolute Gasteiger partial charge is 0.307 e. The van der Waals surface area contributed by atoms with E-state index in [1.54, 1.807) is 54.6 Å². The number of carboxylic acid groups (broad SMARTS) is 1. The van der Waals surface area contributed by atoms with Gasteiger partial charge in [-0.15, -0.1) is 0 Å². The molecule has 0 radical (unpaired) electrons. The molecule has 1 fully saturated rings. The molecule has 1 aliphatic rings. The third kappa shape index (κ3) is 5.28. The van der Waals surface area contributed by atoms with Crippen LogP contribution in [-0.4, -0.2) is 75.8 Å². The van der Waals surface area contributed by atoms with E-state index in [9.17, 15) is 19.1 Å². The lowest BCUT2D eigenvalue weighted by Gasteiger charge is -2.32. The lowest BCUT2D eigenvalue weighted by atomic mass is 9.99. The number of aromatic amines is 1. The van der Waals surface area contributed by atoms with E-state index in [4.69, 9.17) is 10.1 Å². The molecule has 38 heavy (non-hydrogen) atoms. The summed E-state index contributed by atoms with van der Waals surface area (Å²) in [5, 5.41) is 20.5. The first-order valence-corrected chi connectivity index (χ1v) is 12.3. The summed E-state index contributed by atoms with van der Waals surface area (Å²) in [5.74, 6) is -1.57. The molecule has 1 saturated heterocycles. The number of aliphatic carboxylic acids is 1. The minimum Gasteiger partial charge on any atom is -0.494 e. The predicted octanol–water partition coefficient (Wildman–Crippen LogP) is 4.20. The summed E-state index contributed by atoms with van der Waals surface area (Å²) in [6, 6.07) is 18.0. The first kappa shape index (κ1) is 25.2. The number of rotatable bonds is 6. The molecule has 9 heteroatoms. The Balaban J connectivity index is 1.53. The quantitative estimate of drug-likeness (QED) is 0.334. The van der Waals surface area contributed by atoms with Crippen molar-refractivity contribution in [2.75, 3.05) is 33.2 Å². The van der Waals surface area contributed by atoms with Gasteiger partial charge >= 0.3 is 5.97 Å². The van der Waals surface area contributed by atoms with Gasteiger partial charge in [-0.25, -0.2) is 9.38 Å². The van der Waals surface area contributed by atoms with Crippen LogP contribution in [0.4, 0.5) is 10.1 Å². The van der Waals surface area contributed by atoms with Crippen LogP contribution in [0.5, 0.6) is 5.88 Å². The van der Waals surface area contributed by atoms with E-state index in [0.717, 1.165) is 13.1 Å². The number of aromatic nitrogens is 1. The molecule has 0 spiro atoms. The highest BCUT2D eigenvalue weighted by Crippen LogP contribution is 2.32. The fraction of sp³-hybridized carbons (Fsp3) is 0.207. The number of nitrogens with zero attached hydrogens (tertiary/aromatic N) is 3. The molecule has 1 aromatic heterocycles. The van der Waals surface area contributed by atoms with Crippen LogP contribution in [0.15, 0.2) is 71.7 Å². The maximum atomic E-state index is 13.8. The third-order valence-corrected chi connectivity index (χ3v) is 6.71. The van der Waals surface area contributed by atoms with Crippen molar-refractivity contribution in [2.24, 2.45) is 4.99 Å². The van der Waals surface area contributed by atoms with E-state index in [1.165, 1.54) is 12.1 Å². The van der Waals surface area contributed by atoms with E-state index < -0.39 is 11.8 Å². The summed E-state index contributed by atoms with van der Waals surface area (Å²) in [6.45, 7) is 3.02. The summed E-state index contributed by atoms with van der Waals surface area (Å²) >= 11 is 0. The number of fused-ring (bicyclic) bond motifs is 1. The number of H-pyrrole nitrogens is 1. The van der Waals surface area contributed by atoms with Crippen LogP contribution in [-0.2, 0) is 11.2 Å². The fourth-order valence-corrected chi connectivity index (χ4v) is 4.61. The Morgan fingerprint density at radius 1 is 0.947 bits per heavy atom. The number of likely N-dealkylation sites (N-methyl/N-ethyl adjacent to an activating group) is 1. The highest BCUT2D eigenvalue weighted by Gasteiger charge is 2.21. The van der Waals surface area contributed by atoms with Crippen molar-refractivity contribution in [2.45, 2.75) is 6.42 Å². The molecule has 194 valence electrons. The van der Waals surface area contributed by atoms with Crippen LogP contribution < -0.4 is 0 Å². The first-order chi connectivity index (χ1) is 18.3. The Hall–Kier alpha value is -4.50. The number of hydrogen-bond acceptors (Lipinski definition) is 5. The lowest BCUT2D eigenvalue weighted by Crippen LogP contribution is -2.47. The number of aliphatic imine (C=N–C) groups is 1. The number of carbonyl (C=O) groups excluding carboxylic acids is 1. The Kier molecular flexibility index (Phi) is 6.93. The largest absolute Gasteiger partial charge is 0.494 e. The predicted molar refractivity (Wildman–Crippen MR) is 143 cm³/mol. The van der Waals surface area contributed by atoms with Crippen LogP contribution in [0.3, 0.4) is 0 Å². The van der Waals surface area contributed by atoms with Gasteiger partial charge in [0, 0.05) is 42.7 Å². The Labute approximate surface area is 218 Å². The van der Waals surface area contributed by atoms with Crippen molar-refractivity contribution in [3.05, 3.63) is 94.8 Å². The molecule has 5 rings (SSSR count). The molecule has 0 atom stereocenters. The molecule has 4 aromatic rings. The van der Waals surface area contributed by atoms with Gasteiger partial charge < -0.3 is 25.0 Å². The standard InChI is InChI=1S/C29H27FN4O4/c1-33-12-14-34(15-13-33)29(38)20-6-9-22(10-7-20)31-27(19-4-2-18(3-5-19)16-25(35)36)26-23-11-8-21(30)17-24(23)32-28(26)37/h2-11,17,32,37H,12-16H2,1H3,(H,35,36). The number of hydrogen-bond donors (Lipinski definition) is 3. The molecule has 1 amide bonds. The molecule has 3 N–H and O–H groups in total. The lowest BCUT2D eigenvalue weighted by molar-refractivity contribution is -0.136. The van der Waals surface area contributed by atoms with Gasteiger partial charge in [-0.2, -0.15) is 0 Å². The van der Waals surface area contributed by atoms with E-state index in [0.29, 0.717) is 57.6 Å². The second-order valence-electron chi connectivity index (χ2n) is 9.41.